The first kappa shape index (κ1) is 18.4. The number of carbonyl (C=O) groups excluding carboxylic acids is 1. The van der Waals surface area contributed by atoms with E-state index in [1.165, 1.54) is 0 Å². The molecule has 0 aliphatic rings. The molecule has 0 aliphatic carbocycles. The number of primary amides is 1. The molecular formula is C21H17F2NO3. The molecule has 0 spiro atoms. The third-order valence-corrected chi connectivity index (χ3v) is 3.84. The Morgan fingerprint density at radius 2 is 1.56 bits per heavy atom. The molecule has 0 aromatic heterocycles. The molecule has 2 N–H and O–H groups in total. The van der Waals surface area contributed by atoms with E-state index >= 15 is 0 Å². The van der Waals surface area contributed by atoms with Gasteiger partial charge in [-0.1, -0.05) is 42.5 Å². The van der Waals surface area contributed by atoms with E-state index < -0.39 is 23.1 Å². The summed E-state index contributed by atoms with van der Waals surface area (Å²) in [6.07, 6.45) is 0. The van der Waals surface area contributed by atoms with Crippen molar-refractivity contribution in [2.75, 3.05) is 0 Å². The van der Waals surface area contributed by atoms with Crippen molar-refractivity contribution in [1.82, 2.24) is 0 Å². The lowest BCUT2D eigenvalue weighted by Crippen LogP contribution is -2.16. The topological polar surface area (TPSA) is 61.6 Å². The molecule has 1 amide bonds. The van der Waals surface area contributed by atoms with Crippen LogP contribution in [-0.4, -0.2) is 5.91 Å². The predicted molar refractivity (Wildman–Crippen MR) is 96.4 cm³/mol. The Hall–Kier alpha value is -3.41. The van der Waals surface area contributed by atoms with Gasteiger partial charge in [-0.2, -0.15) is 0 Å². The highest BCUT2D eigenvalue weighted by atomic mass is 19.1. The van der Waals surface area contributed by atoms with Gasteiger partial charge in [-0.05, 0) is 35.4 Å². The number of carbonyl (C=O) groups is 1. The zero-order chi connectivity index (χ0) is 19.2. The van der Waals surface area contributed by atoms with Gasteiger partial charge in [0.25, 0.3) is 5.91 Å². The second-order valence-corrected chi connectivity index (χ2v) is 5.81. The molecule has 6 heteroatoms. The number of benzene rings is 3. The maximum atomic E-state index is 14.2. The Morgan fingerprint density at radius 3 is 2.30 bits per heavy atom. The minimum absolute atomic E-state index is 0.0172. The van der Waals surface area contributed by atoms with Crippen LogP contribution < -0.4 is 15.2 Å². The van der Waals surface area contributed by atoms with Gasteiger partial charge in [0.15, 0.2) is 11.6 Å². The lowest BCUT2D eigenvalue weighted by Gasteiger charge is -2.11. The van der Waals surface area contributed by atoms with Gasteiger partial charge in [-0.15, -0.1) is 0 Å². The maximum Gasteiger partial charge on any atom is 0.254 e. The molecule has 0 heterocycles. The molecule has 0 unspecified atom stereocenters. The fourth-order valence-corrected chi connectivity index (χ4v) is 2.50. The van der Waals surface area contributed by atoms with Crippen molar-refractivity contribution in [2.45, 2.75) is 13.2 Å². The molecule has 3 aromatic rings. The smallest absolute Gasteiger partial charge is 0.254 e. The Morgan fingerprint density at radius 1 is 0.852 bits per heavy atom. The van der Waals surface area contributed by atoms with E-state index in [4.69, 9.17) is 15.2 Å². The van der Waals surface area contributed by atoms with Crippen LogP contribution in [0.1, 0.15) is 21.5 Å². The standard InChI is InChI=1S/C21H17F2NO3/c22-17-9-10-18(20(23)19(17)21(24)25)27-13-15-7-4-8-16(11-15)26-12-14-5-2-1-3-6-14/h1-11H,12-13H2,(H2,24,25). The number of halogens is 2. The summed E-state index contributed by atoms with van der Waals surface area (Å²) in [5.74, 6) is -2.94. The molecule has 0 fully saturated rings. The highest BCUT2D eigenvalue weighted by Gasteiger charge is 2.19. The van der Waals surface area contributed by atoms with Crippen molar-refractivity contribution >= 4 is 5.91 Å². The number of rotatable bonds is 7. The van der Waals surface area contributed by atoms with E-state index in [1.807, 2.05) is 30.3 Å². The molecule has 0 radical (unpaired) electrons. The normalized spacial score (nSPS) is 10.4. The lowest BCUT2D eigenvalue weighted by atomic mass is 10.1. The molecule has 0 saturated carbocycles. The molecule has 0 bridgehead atoms. The summed E-state index contributed by atoms with van der Waals surface area (Å²) in [6, 6.07) is 18.9. The molecule has 0 saturated heterocycles. The van der Waals surface area contributed by atoms with Gasteiger partial charge in [0.1, 0.15) is 30.3 Å². The van der Waals surface area contributed by atoms with E-state index in [0.717, 1.165) is 23.3 Å². The predicted octanol–water partition coefficient (Wildman–Crippen LogP) is 4.22. The Bertz CT molecular complexity index is 945. The van der Waals surface area contributed by atoms with Crippen LogP contribution in [0.2, 0.25) is 0 Å². The van der Waals surface area contributed by atoms with Crippen molar-refractivity contribution in [3.05, 3.63) is 95.1 Å². The quantitative estimate of drug-likeness (QED) is 0.678. The van der Waals surface area contributed by atoms with E-state index in [-0.39, 0.29) is 12.4 Å². The fourth-order valence-electron chi connectivity index (χ4n) is 2.50. The third-order valence-electron chi connectivity index (χ3n) is 3.84. The summed E-state index contributed by atoms with van der Waals surface area (Å²) in [6.45, 7) is 0.434. The van der Waals surface area contributed by atoms with Crippen molar-refractivity contribution in [2.24, 2.45) is 5.73 Å². The minimum atomic E-state index is -1.19. The van der Waals surface area contributed by atoms with Crippen LogP contribution >= 0.6 is 0 Å². The summed E-state index contributed by atoms with van der Waals surface area (Å²) >= 11 is 0. The molecule has 0 aliphatic heterocycles. The first-order valence-corrected chi connectivity index (χ1v) is 8.21. The van der Waals surface area contributed by atoms with Gasteiger partial charge in [0, 0.05) is 0 Å². The van der Waals surface area contributed by atoms with Crippen molar-refractivity contribution < 1.29 is 23.0 Å². The van der Waals surface area contributed by atoms with Crippen LogP contribution in [-0.2, 0) is 13.2 Å². The maximum absolute atomic E-state index is 14.2. The number of ether oxygens (including phenoxy) is 2. The number of hydrogen-bond donors (Lipinski definition) is 1. The molecular weight excluding hydrogens is 352 g/mol. The highest BCUT2D eigenvalue weighted by Crippen LogP contribution is 2.24. The molecule has 4 nitrogen and oxygen atoms in total. The van der Waals surface area contributed by atoms with Crippen molar-refractivity contribution in [3.63, 3.8) is 0 Å². The molecule has 3 aromatic carbocycles. The van der Waals surface area contributed by atoms with Gasteiger partial charge in [0.2, 0.25) is 0 Å². The first-order chi connectivity index (χ1) is 13.0. The van der Waals surface area contributed by atoms with Gasteiger partial charge in [0.05, 0.1) is 0 Å². The second-order valence-electron chi connectivity index (χ2n) is 5.81. The fraction of sp³-hybridized carbons (Fsp3) is 0.0952. The Balaban J connectivity index is 1.67. The van der Waals surface area contributed by atoms with Crippen LogP contribution in [0, 0.1) is 11.6 Å². The van der Waals surface area contributed by atoms with Crippen LogP contribution in [0.4, 0.5) is 8.78 Å². The van der Waals surface area contributed by atoms with Gasteiger partial charge in [-0.3, -0.25) is 4.79 Å². The van der Waals surface area contributed by atoms with E-state index in [0.29, 0.717) is 12.4 Å². The minimum Gasteiger partial charge on any atom is -0.489 e. The molecule has 3 rings (SSSR count). The van der Waals surface area contributed by atoms with E-state index in [9.17, 15) is 13.6 Å². The summed E-state index contributed by atoms with van der Waals surface area (Å²) in [5, 5.41) is 0. The molecule has 0 atom stereocenters. The number of hydrogen-bond acceptors (Lipinski definition) is 3. The lowest BCUT2D eigenvalue weighted by molar-refractivity contribution is 0.0991. The zero-order valence-electron chi connectivity index (χ0n) is 14.3. The highest BCUT2D eigenvalue weighted by molar-refractivity contribution is 5.93. The van der Waals surface area contributed by atoms with E-state index in [1.54, 1.807) is 24.3 Å². The van der Waals surface area contributed by atoms with Crippen LogP contribution in [0.3, 0.4) is 0 Å². The van der Waals surface area contributed by atoms with Crippen molar-refractivity contribution in [1.29, 1.82) is 0 Å². The first-order valence-electron chi connectivity index (χ1n) is 8.21. The largest absolute Gasteiger partial charge is 0.489 e. The van der Waals surface area contributed by atoms with Crippen LogP contribution in [0.25, 0.3) is 0 Å². The van der Waals surface area contributed by atoms with Crippen LogP contribution in [0.5, 0.6) is 11.5 Å². The summed E-state index contributed by atoms with van der Waals surface area (Å²) in [5.41, 5.74) is 5.95. The Kier molecular flexibility index (Phi) is 5.66. The summed E-state index contributed by atoms with van der Waals surface area (Å²) in [7, 11) is 0. The second kappa shape index (κ2) is 8.31. The SMILES string of the molecule is NC(=O)c1c(F)ccc(OCc2cccc(OCc3ccccc3)c2)c1F. The van der Waals surface area contributed by atoms with Crippen LogP contribution in [0.15, 0.2) is 66.7 Å². The average Bonchev–Trinajstić information content (AvgIpc) is 2.67. The molecule has 138 valence electrons. The Labute approximate surface area is 155 Å². The number of amides is 1. The molecule has 27 heavy (non-hydrogen) atoms. The van der Waals surface area contributed by atoms with Crippen molar-refractivity contribution in [3.8, 4) is 11.5 Å². The number of nitrogens with two attached hydrogens (primary N) is 1. The van der Waals surface area contributed by atoms with Gasteiger partial charge in [-0.25, -0.2) is 8.78 Å². The zero-order valence-corrected chi connectivity index (χ0v) is 14.3. The summed E-state index contributed by atoms with van der Waals surface area (Å²) < 4.78 is 38.8. The average molecular weight is 369 g/mol. The summed E-state index contributed by atoms with van der Waals surface area (Å²) in [4.78, 5) is 11.2. The van der Waals surface area contributed by atoms with Gasteiger partial charge < -0.3 is 15.2 Å². The third kappa shape index (κ3) is 4.61. The van der Waals surface area contributed by atoms with E-state index in [2.05, 4.69) is 0 Å². The van der Waals surface area contributed by atoms with Gasteiger partial charge >= 0.3 is 0 Å². The monoisotopic (exact) mass is 369 g/mol.